The van der Waals surface area contributed by atoms with E-state index in [2.05, 4.69) is 17.0 Å². The summed E-state index contributed by atoms with van der Waals surface area (Å²) in [5, 5.41) is 10.6. The smallest absolute Gasteiger partial charge is 0.261 e. The lowest BCUT2D eigenvalue weighted by molar-refractivity contribution is -0.502. The SMILES string of the molecule is CS(=O)(=O)O.O=[N+]([O-])C1[C@H]2CN(Cc3ccccc3)C[C@@H]12. The third kappa shape index (κ3) is 4.76. The Bertz CT molecular complexity index is 584. The van der Waals surface area contributed by atoms with E-state index in [0.717, 1.165) is 19.6 Å². The molecule has 1 saturated heterocycles. The largest absolute Gasteiger partial charge is 0.298 e. The van der Waals surface area contributed by atoms with Gasteiger partial charge in [0, 0.05) is 24.6 Å². The normalized spacial score (nSPS) is 27.4. The minimum Gasteiger partial charge on any atom is -0.298 e. The third-order valence-corrected chi connectivity index (χ3v) is 3.72. The molecule has 2 aliphatic rings. The van der Waals surface area contributed by atoms with Gasteiger partial charge in [-0.3, -0.25) is 19.6 Å². The molecular formula is C13H18N2O5S. The number of benzene rings is 1. The number of rotatable bonds is 3. The minimum absolute atomic E-state index is 0.102. The van der Waals surface area contributed by atoms with Crippen LogP contribution in [0.1, 0.15) is 5.56 Å². The molecule has 1 aliphatic carbocycles. The van der Waals surface area contributed by atoms with Crippen LogP contribution in [0.4, 0.5) is 0 Å². The van der Waals surface area contributed by atoms with Gasteiger partial charge in [0.25, 0.3) is 10.1 Å². The minimum atomic E-state index is -3.67. The van der Waals surface area contributed by atoms with Crippen molar-refractivity contribution in [1.82, 2.24) is 4.90 Å². The second-order valence-electron chi connectivity index (χ2n) is 5.52. The van der Waals surface area contributed by atoms with Crippen LogP contribution in [-0.2, 0) is 16.7 Å². The average molecular weight is 314 g/mol. The first-order valence-electron chi connectivity index (χ1n) is 6.58. The Morgan fingerprint density at radius 3 is 2.19 bits per heavy atom. The van der Waals surface area contributed by atoms with Crippen molar-refractivity contribution in [2.75, 3.05) is 19.3 Å². The first-order chi connectivity index (χ1) is 9.75. The maximum absolute atomic E-state index is 10.6. The Morgan fingerprint density at radius 2 is 1.76 bits per heavy atom. The molecule has 1 heterocycles. The van der Waals surface area contributed by atoms with E-state index in [4.69, 9.17) is 4.55 Å². The molecule has 8 heteroatoms. The first-order valence-corrected chi connectivity index (χ1v) is 8.43. The zero-order valence-corrected chi connectivity index (χ0v) is 12.4. The standard InChI is InChI=1S/C12H14N2O2.CH4O3S/c15-14(16)12-10-7-13(8-11(10)12)6-9-4-2-1-3-5-9;1-5(2,3)4/h1-5,10-12H,6-8H2;1H3,(H,2,3,4)/t10-,11+,12?;. The van der Waals surface area contributed by atoms with Gasteiger partial charge in [-0.05, 0) is 5.56 Å². The molecule has 1 aromatic rings. The molecule has 1 N–H and O–H groups in total. The van der Waals surface area contributed by atoms with Crippen molar-refractivity contribution >= 4 is 10.1 Å². The number of fused-ring (bicyclic) bond motifs is 1. The summed E-state index contributed by atoms with van der Waals surface area (Å²) in [5.41, 5.74) is 1.29. The Kier molecular flexibility index (Phi) is 4.60. The van der Waals surface area contributed by atoms with E-state index in [1.165, 1.54) is 5.56 Å². The molecular weight excluding hydrogens is 296 g/mol. The fraction of sp³-hybridized carbons (Fsp3) is 0.538. The van der Waals surface area contributed by atoms with Gasteiger partial charge in [0.15, 0.2) is 0 Å². The molecule has 1 aliphatic heterocycles. The second-order valence-corrected chi connectivity index (χ2v) is 6.98. The molecule has 0 amide bonds. The summed E-state index contributed by atoms with van der Waals surface area (Å²) in [7, 11) is -3.67. The highest BCUT2D eigenvalue weighted by atomic mass is 32.2. The molecule has 1 unspecified atom stereocenters. The molecule has 7 nitrogen and oxygen atoms in total. The van der Waals surface area contributed by atoms with Crippen molar-refractivity contribution in [2.45, 2.75) is 12.6 Å². The molecule has 3 rings (SSSR count). The Labute approximate surface area is 123 Å². The maximum Gasteiger partial charge on any atom is 0.261 e. The van der Waals surface area contributed by atoms with E-state index in [0.29, 0.717) is 18.1 Å². The van der Waals surface area contributed by atoms with E-state index in [-0.39, 0.29) is 11.0 Å². The van der Waals surface area contributed by atoms with E-state index >= 15 is 0 Å². The maximum atomic E-state index is 10.6. The summed E-state index contributed by atoms with van der Waals surface area (Å²) in [6.07, 6.45) is 0.715. The molecule has 0 aromatic heterocycles. The summed E-state index contributed by atoms with van der Waals surface area (Å²) >= 11 is 0. The number of hydrogen-bond donors (Lipinski definition) is 1. The number of likely N-dealkylation sites (tertiary alicyclic amines) is 1. The predicted molar refractivity (Wildman–Crippen MR) is 77.0 cm³/mol. The van der Waals surface area contributed by atoms with Gasteiger partial charge in [0.05, 0.1) is 18.1 Å². The summed E-state index contributed by atoms with van der Waals surface area (Å²) in [5.74, 6) is 0.637. The zero-order valence-electron chi connectivity index (χ0n) is 11.6. The highest BCUT2D eigenvalue weighted by Gasteiger charge is 2.64. The van der Waals surface area contributed by atoms with Crippen LogP contribution in [-0.4, -0.2) is 48.2 Å². The second kappa shape index (κ2) is 6.08. The third-order valence-electron chi connectivity index (χ3n) is 3.72. The van der Waals surface area contributed by atoms with Crippen LogP contribution < -0.4 is 0 Å². The number of nitro groups is 1. The molecule has 21 heavy (non-hydrogen) atoms. The van der Waals surface area contributed by atoms with Gasteiger partial charge in [-0.2, -0.15) is 8.42 Å². The van der Waals surface area contributed by atoms with Gasteiger partial charge in [0.2, 0.25) is 6.04 Å². The highest BCUT2D eigenvalue weighted by Crippen LogP contribution is 2.47. The van der Waals surface area contributed by atoms with Crippen LogP contribution in [0.2, 0.25) is 0 Å². The van der Waals surface area contributed by atoms with Gasteiger partial charge < -0.3 is 0 Å². The molecule has 0 radical (unpaired) electrons. The quantitative estimate of drug-likeness (QED) is 0.505. The lowest BCUT2D eigenvalue weighted by Gasteiger charge is -2.17. The fourth-order valence-electron chi connectivity index (χ4n) is 2.87. The number of hydrogen-bond acceptors (Lipinski definition) is 5. The van der Waals surface area contributed by atoms with Crippen LogP contribution in [0.3, 0.4) is 0 Å². The lowest BCUT2D eigenvalue weighted by atomic mass is 10.2. The number of nitrogens with zero attached hydrogens (tertiary/aromatic N) is 2. The summed E-state index contributed by atoms with van der Waals surface area (Å²) in [6.45, 7) is 2.72. The van der Waals surface area contributed by atoms with Gasteiger partial charge in [0.1, 0.15) is 0 Å². The van der Waals surface area contributed by atoms with Gasteiger partial charge in [-0.1, -0.05) is 30.3 Å². The van der Waals surface area contributed by atoms with Crippen LogP contribution in [0.5, 0.6) is 0 Å². The molecule has 0 spiro atoms. The van der Waals surface area contributed by atoms with E-state index < -0.39 is 10.1 Å². The predicted octanol–water partition coefficient (Wildman–Crippen LogP) is 0.897. The molecule has 1 saturated carbocycles. The molecule has 0 bridgehead atoms. The van der Waals surface area contributed by atoms with Crippen molar-refractivity contribution in [2.24, 2.45) is 11.8 Å². The molecule has 2 fully saturated rings. The zero-order chi connectivity index (χ0) is 15.6. The number of piperidine rings is 1. The Balaban J connectivity index is 0.000000282. The Hall–Kier alpha value is -1.51. The van der Waals surface area contributed by atoms with E-state index in [9.17, 15) is 18.5 Å². The summed E-state index contributed by atoms with van der Waals surface area (Å²) < 4.78 is 25.9. The van der Waals surface area contributed by atoms with Crippen molar-refractivity contribution in [3.8, 4) is 0 Å². The topological polar surface area (TPSA) is 101 Å². The monoisotopic (exact) mass is 314 g/mol. The molecule has 116 valence electrons. The highest BCUT2D eigenvalue weighted by molar-refractivity contribution is 7.85. The average Bonchev–Trinajstić information content (AvgIpc) is 2.87. The van der Waals surface area contributed by atoms with E-state index in [1.54, 1.807) is 0 Å². The summed E-state index contributed by atoms with van der Waals surface area (Å²) in [6, 6.07) is 10.0. The van der Waals surface area contributed by atoms with Gasteiger partial charge in [-0.15, -0.1) is 0 Å². The first kappa shape index (κ1) is 15.9. The molecule has 3 atom stereocenters. The lowest BCUT2D eigenvalue weighted by Crippen LogP contribution is -2.27. The van der Waals surface area contributed by atoms with Crippen molar-refractivity contribution < 1.29 is 17.9 Å². The molecule has 1 aromatic carbocycles. The fourth-order valence-corrected chi connectivity index (χ4v) is 2.87. The van der Waals surface area contributed by atoms with Crippen LogP contribution in [0.15, 0.2) is 30.3 Å². The van der Waals surface area contributed by atoms with Crippen LogP contribution >= 0.6 is 0 Å². The van der Waals surface area contributed by atoms with Gasteiger partial charge in [-0.25, -0.2) is 0 Å². The van der Waals surface area contributed by atoms with Gasteiger partial charge >= 0.3 is 0 Å². The van der Waals surface area contributed by atoms with Crippen molar-refractivity contribution in [3.05, 3.63) is 46.0 Å². The Morgan fingerprint density at radius 1 is 1.29 bits per heavy atom. The van der Waals surface area contributed by atoms with Crippen molar-refractivity contribution in [1.29, 1.82) is 0 Å². The summed E-state index contributed by atoms with van der Waals surface area (Å²) in [4.78, 5) is 12.8. The van der Waals surface area contributed by atoms with E-state index in [1.807, 2.05) is 18.2 Å². The van der Waals surface area contributed by atoms with Crippen molar-refractivity contribution in [3.63, 3.8) is 0 Å². The van der Waals surface area contributed by atoms with Crippen LogP contribution in [0, 0.1) is 22.0 Å². The van der Waals surface area contributed by atoms with Crippen LogP contribution in [0.25, 0.3) is 0 Å².